The Labute approximate surface area is 148 Å². The van der Waals surface area contributed by atoms with Gasteiger partial charge in [-0.1, -0.05) is 12.1 Å². The minimum absolute atomic E-state index is 0.101. The lowest BCUT2D eigenvalue weighted by Crippen LogP contribution is -2.40. The third-order valence-corrected chi connectivity index (χ3v) is 5.19. The Balaban J connectivity index is 1.59. The van der Waals surface area contributed by atoms with Crippen molar-refractivity contribution in [2.75, 3.05) is 13.1 Å². The topological polar surface area (TPSA) is 38.1 Å². The van der Waals surface area contributed by atoms with Gasteiger partial charge in [-0.05, 0) is 63.1 Å². The second-order valence-corrected chi connectivity index (χ2v) is 6.88. The van der Waals surface area contributed by atoms with E-state index in [0.29, 0.717) is 5.92 Å². The first-order valence-corrected chi connectivity index (χ1v) is 9.14. The average molecular weight is 343 g/mol. The monoisotopic (exact) mass is 343 g/mol. The summed E-state index contributed by atoms with van der Waals surface area (Å²) in [6.45, 7) is 6.39. The largest absolute Gasteiger partial charge is 0.338 e. The van der Waals surface area contributed by atoms with E-state index in [4.69, 9.17) is 0 Å². The van der Waals surface area contributed by atoms with Gasteiger partial charge in [0.25, 0.3) is 5.91 Å². The second-order valence-electron chi connectivity index (χ2n) is 6.88. The van der Waals surface area contributed by atoms with E-state index >= 15 is 0 Å². The molecule has 2 aromatic rings. The zero-order chi connectivity index (χ0) is 17.8. The summed E-state index contributed by atoms with van der Waals surface area (Å²) in [6.07, 6.45) is 5.85. The van der Waals surface area contributed by atoms with Gasteiger partial charge >= 0.3 is 0 Å². The van der Waals surface area contributed by atoms with Crippen molar-refractivity contribution in [2.24, 2.45) is 5.92 Å². The zero-order valence-electron chi connectivity index (χ0n) is 15.0. The molecule has 0 radical (unpaired) electrons. The second kappa shape index (κ2) is 7.81. The summed E-state index contributed by atoms with van der Waals surface area (Å²) >= 11 is 0. The molecule has 1 fully saturated rings. The first kappa shape index (κ1) is 17.6. The number of rotatable bonds is 5. The van der Waals surface area contributed by atoms with E-state index in [1.165, 1.54) is 12.1 Å². The van der Waals surface area contributed by atoms with Crippen LogP contribution in [-0.4, -0.2) is 33.7 Å². The van der Waals surface area contributed by atoms with E-state index < -0.39 is 0 Å². The van der Waals surface area contributed by atoms with Gasteiger partial charge in [-0.15, -0.1) is 0 Å². The van der Waals surface area contributed by atoms with Crippen LogP contribution in [0.5, 0.6) is 0 Å². The van der Waals surface area contributed by atoms with Gasteiger partial charge in [-0.2, -0.15) is 5.10 Å². The molecular formula is C20H26FN3O. The molecule has 1 saturated heterocycles. The van der Waals surface area contributed by atoms with Crippen LogP contribution in [0, 0.1) is 18.7 Å². The van der Waals surface area contributed by atoms with E-state index in [1.54, 1.807) is 6.20 Å². The molecule has 1 aromatic carbocycles. The molecule has 0 N–H and O–H groups in total. The van der Waals surface area contributed by atoms with Crippen molar-refractivity contribution >= 4 is 5.91 Å². The molecule has 0 saturated carbocycles. The van der Waals surface area contributed by atoms with Gasteiger partial charge in [0.2, 0.25) is 0 Å². The summed E-state index contributed by atoms with van der Waals surface area (Å²) in [7, 11) is 0. The minimum Gasteiger partial charge on any atom is -0.338 e. The van der Waals surface area contributed by atoms with Crippen LogP contribution in [0.4, 0.5) is 4.39 Å². The molecule has 1 aliphatic rings. The maximum atomic E-state index is 13.0. The Morgan fingerprint density at radius 3 is 2.76 bits per heavy atom. The number of hydrogen-bond acceptors (Lipinski definition) is 2. The van der Waals surface area contributed by atoms with Crippen molar-refractivity contribution in [2.45, 2.75) is 46.1 Å². The van der Waals surface area contributed by atoms with Crippen LogP contribution in [0.3, 0.4) is 0 Å². The van der Waals surface area contributed by atoms with E-state index in [1.807, 2.05) is 35.6 Å². The highest BCUT2D eigenvalue weighted by molar-refractivity contribution is 5.95. The normalized spacial score (nSPS) is 17.7. The van der Waals surface area contributed by atoms with Crippen LogP contribution in [0.15, 0.2) is 30.5 Å². The summed E-state index contributed by atoms with van der Waals surface area (Å²) in [6, 6.07) is 6.73. The van der Waals surface area contributed by atoms with Gasteiger partial charge in [0.05, 0.1) is 11.8 Å². The number of hydrogen-bond donors (Lipinski definition) is 0. The summed E-state index contributed by atoms with van der Waals surface area (Å²) in [5, 5.41) is 4.29. The van der Waals surface area contributed by atoms with E-state index in [0.717, 1.165) is 62.1 Å². The molecule has 4 nitrogen and oxygen atoms in total. The highest BCUT2D eigenvalue weighted by atomic mass is 19.1. The smallest absolute Gasteiger partial charge is 0.257 e. The third kappa shape index (κ3) is 4.09. The fraction of sp³-hybridized carbons (Fsp3) is 0.500. The third-order valence-electron chi connectivity index (χ3n) is 5.19. The Kier molecular flexibility index (Phi) is 5.51. The summed E-state index contributed by atoms with van der Waals surface area (Å²) in [5.74, 6) is 0.411. The van der Waals surface area contributed by atoms with Crippen LogP contribution in [0.1, 0.15) is 47.8 Å². The molecule has 1 aliphatic heterocycles. The lowest BCUT2D eigenvalue weighted by atomic mass is 9.91. The molecule has 1 atom stereocenters. The number of carbonyl (C=O) groups is 1. The van der Waals surface area contributed by atoms with E-state index in [9.17, 15) is 9.18 Å². The van der Waals surface area contributed by atoms with Crippen molar-refractivity contribution in [3.05, 3.63) is 53.1 Å². The molecular weight excluding hydrogens is 317 g/mol. The number of halogens is 1. The molecule has 2 heterocycles. The molecule has 25 heavy (non-hydrogen) atoms. The Morgan fingerprint density at radius 1 is 1.32 bits per heavy atom. The number of aryl methyl sites for hydroxylation is 2. The lowest BCUT2D eigenvalue weighted by molar-refractivity contribution is 0.0667. The van der Waals surface area contributed by atoms with Gasteiger partial charge in [0, 0.05) is 25.3 Å². The van der Waals surface area contributed by atoms with E-state index in [2.05, 4.69) is 5.10 Å². The number of carbonyl (C=O) groups excluding carboxylic acids is 1. The summed E-state index contributed by atoms with van der Waals surface area (Å²) in [5.41, 5.74) is 2.83. The summed E-state index contributed by atoms with van der Waals surface area (Å²) in [4.78, 5) is 14.8. The number of amides is 1. The van der Waals surface area contributed by atoms with Crippen LogP contribution in [-0.2, 0) is 13.0 Å². The Hall–Kier alpha value is -2.17. The fourth-order valence-electron chi connectivity index (χ4n) is 3.65. The van der Waals surface area contributed by atoms with Crippen molar-refractivity contribution in [3.63, 3.8) is 0 Å². The molecule has 1 aromatic heterocycles. The molecule has 5 heteroatoms. The van der Waals surface area contributed by atoms with Gasteiger partial charge in [-0.3, -0.25) is 9.48 Å². The van der Waals surface area contributed by atoms with Gasteiger partial charge in [0.15, 0.2) is 0 Å². The average Bonchev–Trinajstić information content (AvgIpc) is 3.01. The molecule has 1 unspecified atom stereocenters. The minimum atomic E-state index is -0.193. The van der Waals surface area contributed by atoms with Crippen LogP contribution in [0.2, 0.25) is 0 Å². The van der Waals surface area contributed by atoms with Gasteiger partial charge < -0.3 is 4.90 Å². The van der Waals surface area contributed by atoms with Crippen molar-refractivity contribution in [3.8, 4) is 0 Å². The SMILES string of the molecule is CCn1ncc(C(=O)N2CCCC(CCc3ccc(F)cc3)C2)c1C. The van der Waals surface area contributed by atoms with Gasteiger partial charge in [0.1, 0.15) is 5.82 Å². The maximum absolute atomic E-state index is 13.0. The highest BCUT2D eigenvalue weighted by Crippen LogP contribution is 2.23. The molecule has 1 amide bonds. The molecule has 3 rings (SSSR count). The number of likely N-dealkylation sites (tertiary alicyclic amines) is 1. The number of nitrogens with zero attached hydrogens (tertiary/aromatic N) is 3. The standard InChI is InChI=1S/C20H26FN3O/c1-3-24-15(2)19(13-22-24)20(25)23-12-4-5-17(14-23)7-6-16-8-10-18(21)11-9-16/h8-11,13,17H,3-7,12,14H2,1-2H3. The highest BCUT2D eigenvalue weighted by Gasteiger charge is 2.26. The molecule has 0 aliphatic carbocycles. The predicted octanol–water partition coefficient (Wildman–Crippen LogP) is 3.84. The van der Waals surface area contributed by atoms with Crippen LogP contribution < -0.4 is 0 Å². The maximum Gasteiger partial charge on any atom is 0.257 e. The number of aromatic nitrogens is 2. The molecule has 0 bridgehead atoms. The lowest BCUT2D eigenvalue weighted by Gasteiger charge is -2.33. The van der Waals surface area contributed by atoms with Crippen molar-refractivity contribution < 1.29 is 9.18 Å². The van der Waals surface area contributed by atoms with Crippen molar-refractivity contribution in [1.82, 2.24) is 14.7 Å². The van der Waals surface area contributed by atoms with Crippen LogP contribution >= 0.6 is 0 Å². The number of piperidine rings is 1. The molecule has 134 valence electrons. The first-order valence-electron chi connectivity index (χ1n) is 9.14. The number of benzene rings is 1. The quantitative estimate of drug-likeness (QED) is 0.827. The van der Waals surface area contributed by atoms with Gasteiger partial charge in [-0.25, -0.2) is 4.39 Å². The first-order chi connectivity index (χ1) is 12.1. The summed E-state index contributed by atoms with van der Waals surface area (Å²) < 4.78 is 14.9. The Morgan fingerprint density at radius 2 is 2.08 bits per heavy atom. The fourth-order valence-corrected chi connectivity index (χ4v) is 3.65. The predicted molar refractivity (Wildman–Crippen MR) is 96.0 cm³/mol. The van der Waals surface area contributed by atoms with Crippen LogP contribution in [0.25, 0.3) is 0 Å². The molecule has 0 spiro atoms. The zero-order valence-corrected chi connectivity index (χ0v) is 15.0. The van der Waals surface area contributed by atoms with E-state index in [-0.39, 0.29) is 11.7 Å². The van der Waals surface area contributed by atoms with Crippen molar-refractivity contribution in [1.29, 1.82) is 0 Å². The Bertz CT molecular complexity index is 723.